The summed E-state index contributed by atoms with van der Waals surface area (Å²) in [6.07, 6.45) is 0.419. The van der Waals surface area contributed by atoms with Crippen molar-refractivity contribution in [2.75, 3.05) is 19.0 Å². The van der Waals surface area contributed by atoms with Crippen LogP contribution in [0.1, 0.15) is 12.5 Å². The van der Waals surface area contributed by atoms with Gasteiger partial charge >= 0.3 is 5.97 Å². The smallest absolute Gasteiger partial charge is 0.344 e. The minimum absolute atomic E-state index is 0.313. The Balaban J connectivity index is 1.86. The second kappa shape index (κ2) is 9.58. The van der Waals surface area contributed by atoms with Gasteiger partial charge in [-0.2, -0.15) is 9.78 Å². The van der Waals surface area contributed by atoms with Gasteiger partial charge in [-0.15, -0.1) is 0 Å². The van der Waals surface area contributed by atoms with Crippen molar-refractivity contribution in [1.82, 2.24) is 9.66 Å². The van der Waals surface area contributed by atoms with Crippen LogP contribution >= 0.6 is 0 Å². The molecule has 0 aliphatic carbocycles. The summed E-state index contributed by atoms with van der Waals surface area (Å²) in [6.45, 7) is 1.46. The molecular formula is C26H24N4O4. The molecule has 172 valence electrons. The van der Waals surface area contributed by atoms with Gasteiger partial charge in [0, 0.05) is 37.0 Å². The van der Waals surface area contributed by atoms with E-state index < -0.39 is 12.1 Å². The average molecular weight is 457 g/mol. The third-order valence-electron chi connectivity index (χ3n) is 5.26. The lowest BCUT2D eigenvalue weighted by atomic mass is 10.2. The highest BCUT2D eigenvalue weighted by atomic mass is 16.5. The fourth-order valence-corrected chi connectivity index (χ4v) is 3.38. The van der Waals surface area contributed by atoms with E-state index in [-0.39, 0.29) is 5.56 Å². The highest BCUT2D eigenvalue weighted by molar-refractivity contribution is 5.86. The highest BCUT2D eigenvalue weighted by Gasteiger charge is 2.16. The lowest BCUT2D eigenvalue weighted by molar-refractivity contribution is -0.144. The lowest BCUT2D eigenvalue weighted by Crippen LogP contribution is -2.24. The molecule has 0 unspecified atom stereocenters. The third-order valence-corrected chi connectivity index (χ3v) is 5.26. The molecule has 4 rings (SSSR count). The Hall–Kier alpha value is -4.46. The summed E-state index contributed by atoms with van der Waals surface area (Å²) in [5.41, 5.74) is 2.36. The van der Waals surface area contributed by atoms with Gasteiger partial charge in [0.05, 0.1) is 17.1 Å². The molecule has 0 amide bonds. The van der Waals surface area contributed by atoms with Gasteiger partial charge in [0.2, 0.25) is 0 Å². The molecule has 3 aromatic carbocycles. The first-order valence-corrected chi connectivity index (χ1v) is 10.7. The molecule has 0 saturated carbocycles. The number of anilines is 1. The van der Waals surface area contributed by atoms with Gasteiger partial charge in [-0.3, -0.25) is 4.79 Å². The topological polar surface area (TPSA) is 97.0 Å². The number of aromatic nitrogens is 2. The lowest BCUT2D eigenvalue weighted by Gasteiger charge is -2.17. The summed E-state index contributed by atoms with van der Waals surface area (Å²) < 4.78 is 6.93. The Morgan fingerprint density at radius 1 is 1.09 bits per heavy atom. The van der Waals surface area contributed by atoms with Crippen molar-refractivity contribution in [3.63, 3.8) is 0 Å². The monoisotopic (exact) mass is 456 g/mol. The van der Waals surface area contributed by atoms with Gasteiger partial charge in [-0.1, -0.05) is 42.5 Å². The molecule has 8 nitrogen and oxygen atoms in total. The van der Waals surface area contributed by atoms with Crippen molar-refractivity contribution in [1.29, 1.82) is 0 Å². The van der Waals surface area contributed by atoms with Gasteiger partial charge in [-0.05, 0) is 31.2 Å². The summed E-state index contributed by atoms with van der Waals surface area (Å²) in [5, 5.41) is 14.2. The van der Waals surface area contributed by atoms with Crippen LogP contribution in [0, 0.1) is 0 Å². The number of carboxylic acid groups (broad SMARTS) is 1. The zero-order chi connectivity index (χ0) is 24.2. The summed E-state index contributed by atoms with van der Waals surface area (Å²) in [5.74, 6) is -0.348. The van der Waals surface area contributed by atoms with Gasteiger partial charge < -0.3 is 14.7 Å². The number of para-hydroxylation sites is 1. The van der Waals surface area contributed by atoms with Crippen molar-refractivity contribution in [2.24, 2.45) is 5.10 Å². The molecule has 34 heavy (non-hydrogen) atoms. The van der Waals surface area contributed by atoms with Crippen molar-refractivity contribution >= 4 is 28.8 Å². The Bertz CT molecular complexity index is 1430. The normalized spacial score (nSPS) is 12.1. The van der Waals surface area contributed by atoms with Crippen LogP contribution < -0.4 is 15.2 Å². The van der Waals surface area contributed by atoms with Gasteiger partial charge in [0.15, 0.2) is 11.9 Å². The molecule has 4 aromatic rings. The van der Waals surface area contributed by atoms with Gasteiger partial charge in [-0.25, -0.2) is 9.78 Å². The highest BCUT2D eigenvalue weighted by Crippen LogP contribution is 2.25. The summed E-state index contributed by atoms with van der Waals surface area (Å²) >= 11 is 0. The van der Waals surface area contributed by atoms with Crippen LogP contribution in [0.5, 0.6) is 5.75 Å². The fourth-order valence-electron chi connectivity index (χ4n) is 3.38. The Morgan fingerprint density at radius 2 is 1.79 bits per heavy atom. The molecule has 0 saturated heterocycles. The second-order valence-corrected chi connectivity index (χ2v) is 7.89. The van der Waals surface area contributed by atoms with Crippen molar-refractivity contribution in [3.8, 4) is 17.1 Å². The maximum Gasteiger partial charge on any atom is 0.344 e. The minimum Gasteiger partial charge on any atom is -0.479 e. The first-order chi connectivity index (χ1) is 16.3. The van der Waals surface area contributed by atoms with E-state index in [4.69, 9.17) is 4.74 Å². The fraction of sp³-hybridized carbons (Fsp3) is 0.154. The van der Waals surface area contributed by atoms with E-state index in [1.807, 2.05) is 61.5 Å². The second-order valence-electron chi connectivity index (χ2n) is 7.89. The quantitative estimate of drug-likeness (QED) is 0.424. The Morgan fingerprint density at radius 3 is 2.50 bits per heavy atom. The number of hydrogen-bond donors (Lipinski definition) is 1. The van der Waals surface area contributed by atoms with Crippen LogP contribution in [0.2, 0.25) is 0 Å². The van der Waals surface area contributed by atoms with Gasteiger partial charge in [0.1, 0.15) is 5.75 Å². The minimum atomic E-state index is -1.08. The summed E-state index contributed by atoms with van der Waals surface area (Å²) in [4.78, 5) is 31.3. The van der Waals surface area contributed by atoms with Crippen molar-refractivity contribution < 1.29 is 14.6 Å². The summed E-state index contributed by atoms with van der Waals surface area (Å²) in [6, 6.07) is 21.8. The SMILES string of the molecule is C[C@@H](Oc1cc(N(C)C)ccc1C=Nn1c(-c2ccccc2)nc2ccccc2c1=O)C(=O)O. The largest absolute Gasteiger partial charge is 0.479 e. The molecule has 1 heterocycles. The Labute approximate surface area is 196 Å². The average Bonchev–Trinajstić information content (AvgIpc) is 2.84. The maximum atomic E-state index is 13.3. The van der Waals surface area contributed by atoms with Crippen LogP contribution in [0.25, 0.3) is 22.3 Å². The predicted molar refractivity (Wildman–Crippen MR) is 133 cm³/mol. The zero-order valence-corrected chi connectivity index (χ0v) is 19.0. The van der Waals surface area contributed by atoms with Gasteiger partial charge in [0.25, 0.3) is 5.56 Å². The number of aliphatic carboxylic acids is 1. The zero-order valence-electron chi connectivity index (χ0n) is 19.0. The molecular weight excluding hydrogens is 432 g/mol. The number of benzene rings is 3. The first kappa shape index (κ1) is 22.7. The molecule has 0 radical (unpaired) electrons. The molecule has 1 atom stereocenters. The van der Waals surface area contributed by atoms with E-state index in [2.05, 4.69) is 10.1 Å². The van der Waals surface area contributed by atoms with Crippen molar-refractivity contribution in [2.45, 2.75) is 13.0 Å². The number of ether oxygens (including phenoxy) is 1. The molecule has 0 spiro atoms. The van der Waals surface area contributed by atoms with E-state index in [1.165, 1.54) is 17.8 Å². The van der Waals surface area contributed by atoms with E-state index in [1.54, 1.807) is 30.3 Å². The number of carbonyl (C=O) groups is 1. The molecule has 0 fully saturated rings. The van der Waals surface area contributed by atoms with Crippen LogP contribution in [-0.4, -0.2) is 47.1 Å². The first-order valence-electron chi connectivity index (χ1n) is 10.7. The molecule has 1 N–H and O–H groups in total. The maximum absolute atomic E-state index is 13.3. The molecule has 0 aliphatic heterocycles. The number of fused-ring (bicyclic) bond motifs is 1. The standard InChI is InChI=1S/C26H24N4O4/c1-17(26(32)33)34-23-15-20(29(2)3)14-13-19(23)16-27-30-24(18-9-5-4-6-10-18)28-22-12-8-7-11-21(22)25(30)31/h4-17H,1-3H3,(H,32,33)/t17-/m1/s1. The number of rotatable bonds is 7. The molecule has 0 aliphatic rings. The molecule has 0 bridgehead atoms. The number of hydrogen-bond acceptors (Lipinski definition) is 6. The predicted octanol–water partition coefficient (Wildman–Crippen LogP) is 3.86. The van der Waals surface area contributed by atoms with Crippen LogP contribution in [0.3, 0.4) is 0 Å². The third kappa shape index (κ3) is 4.66. The molecule has 8 heteroatoms. The van der Waals surface area contributed by atoms with Crippen LogP contribution in [0.15, 0.2) is 82.7 Å². The van der Waals surface area contributed by atoms with Crippen LogP contribution in [-0.2, 0) is 4.79 Å². The summed E-state index contributed by atoms with van der Waals surface area (Å²) in [7, 11) is 3.75. The van der Waals surface area contributed by atoms with Crippen molar-refractivity contribution in [3.05, 3.63) is 88.7 Å². The van der Waals surface area contributed by atoms with E-state index in [0.29, 0.717) is 28.0 Å². The van der Waals surface area contributed by atoms with E-state index in [9.17, 15) is 14.7 Å². The number of carboxylic acids is 1. The molecule has 1 aromatic heterocycles. The van der Waals surface area contributed by atoms with E-state index >= 15 is 0 Å². The Kier molecular flexibility index (Phi) is 6.40. The van der Waals surface area contributed by atoms with Crippen LogP contribution in [0.4, 0.5) is 5.69 Å². The number of nitrogens with zero attached hydrogens (tertiary/aromatic N) is 4. The van der Waals surface area contributed by atoms with E-state index in [0.717, 1.165) is 11.3 Å².